The topological polar surface area (TPSA) is 45.8 Å². The van der Waals surface area contributed by atoms with Crippen molar-refractivity contribution in [2.45, 2.75) is 19.9 Å². The third-order valence-electron chi connectivity index (χ3n) is 4.55. The quantitative estimate of drug-likeness (QED) is 0.734. The van der Waals surface area contributed by atoms with Crippen molar-refractivity contribution < 1.29 is 9.47 Å². The molecule has 1 aliphatic heterocycles. The summed E-state index contributed by atoms with van der Waals surface area (Å²) in [5.74, 6) is 0.798. The van der Waals surface area contributed by atoms with E-state index in [0.29, 0.717) is 11.7 Å². The Bertz CT molecular complexity index is 745. The van der Waals surface area contributed by atoms with Gasteiger partial charge in [-0.05, 0) is 55.9 Å². The molecule has 6 heteroatoms. The molecule has 0 saturated carbocycles. The van der Waals surface area contributed by atoms with Crippen LogP contribution in [0.1, 0.15) is 25.5 Å². The van der Waals surface area contributed by atoms with Crippen molar-refractivity contribution in [2.75, 3.05) is 43.1 Å². The smallest absolute Gasteiger partial charge is 0.171 e. The van der Waals surface area contributed by atoms with Gasteiger partial charge in [-0.25, -0.2) is 0 Å². The molecular weight excluding hydrogens is 358 g/mol. The summed E-state index contributed by atoms with van der Waals surface area (Å²) in [5.41, 5.74) is 3.29. The van der Waals surface area contributed by atoms with E-state index >= 15 is 0 Å². The summed E-state index contributed by atoms with van der Waals surface area (Å²) < 4.78 is 11.1. The molecule has 0 spiro atoms. The van der Waals surface area contributed by atoms with Gasteiger partial charge in [0, 0.05) is 18.8 Å². The van der Waals surface area contributed by atoms with Crippen LogP contribution in [0.25, 0.3) is 0 Å². The normalized spacial score (nSPS) is 15.1. The van der Waals surface area contributed by atoms with Crippen molar-refractivity contribution in [3.05, 3.63) is 54.1 Å². The number of nitrogens with one attached hydrogen (secondary N) is 2. The highest BCUT2D eigenvalue weighted by Gasteiger charge is 2.13. The zero-order chi connectivity index (χ0) is 19.1. The van der Waals surface area contributed by atoms with Gasteiger partial charge < -0.3 is 25.0 Å². The van der Waals surface area contributed by atoms with E-state index in [4.69, 9.17) is 21.7 Å². The molecule has 0 amide bonds. The van der Waals surface area contributed by atoms with E-state index in [1.54, 1.807) is 0 Å². The van der Waals surface area contributed by atoms with Crippen LogP contribution in [0, 0.1) is 0 Å². The maximum atomic E-state index is 5.63. The minimum Gasteiger partial charge on any atom is -0.492 e. The van der Waals surface area contributed by atoms with Gasteiger partial charge in [0.25, 0.3) is 0 Å². The molecule has 0 radical (unpaired) electrons. The predicted octanol–water partition coefficient (Wildman–Crippen LogP) is 3.97. The number of nitrogens with zero attached hydrogens (tertiary/aromatic N) is 1. The molecule has 2 aromatic carbocycles. The average molecular weight is 386 g/mol. The largest absolute Gasteiger partial charge is 0.492 e. The van der Waals surface area contributed by atoms with Crippen LogP contribution in [0.3, 0.4) is 0 Å². The summed E-state index contributed by atoms with van der Waals surface area (Å²) in [6.07, 6.45) is 0. The monoisotopic (exact) mass is 385 g/mol. The zero-order valence-electron chi connectivity index (χ0n) is 15.9. The summed E-state index contributed by atoms with van der Waals surface area (Å²) in [4.78, 5) is 2.35. The van der Waals surface area contributed by atoms with E-state index in [1.165, 1.54) is 11.3 Å². The van der Waals surface area contributed by atoms with Crippen molar-refractivity contribution >= 4 is 28.7 Å². The molecule has 2 N–H and O–H groups in total. The van der Waals surface area contributed by atoms with E-state index < -0.39 is 0 Å². The highest BCUT2D eigenvalue weighted by molar-refractivity contribution is 7.80. The molecule has 1 saturated heterocycles. The number of benzene rings is 2. The molecule has 0 unspecified atom stereocenters. The Hall–Kier alpha value is -2.31. The number of thiocarbonyl (C=S) groups is 1. The Labute approximate surface area is 166 Å². The first-order chi connectivity index (χ1) is 13.2. The first-order valence-corrected chi connectivity index (χ1v) is 9.80. The fraction of sp³-hybridized carbons (Fsp3) is 0.381. The van der Waals surface area contributed by atoms with Crippen molar-refractivity contribution in [1.82, 2.24) is 5.32 Å². The van der Waals surface area contributed by atoms with E-state index in [9.17, 15) is 0 Å². The molecule has 1 heterocycles. The fourth-order valence-corrected chi connectivity index (χ4v) is 3.37. The van der Waals surface area contributed by atoms with Crippen LogP contribution in [-0.4, -0.2) is 38.0 Å². The Morgan fingerprint density at radius 3 is 2.56 bits per heavy atom. The zero-order valence-corrected chi connectivity index (χ0v) is 16.7. The lowest BCUT2D eigenvalue weighted by molar-refractivity contribution is 0.122. The van der Waals surface area contributed by atoms with Gasteiger partial charge in [0.1, 0.15) is 5.75 Å². The first kappa shape index (κ1) is 19.5. The number of hydrogen-bond acceptors (Lipinski definition) is 4. The maximum Gasteiger partial charge on any atom is 0.171 e. The number of rotatable bonds is 6. The van der Waals surface area contributed by atoms with Crippen LogP contribution < -0.4 is 20.3 Å². The number of para-hydroxylation sites is 2. The second kappa shape index (κ2) is 9.58. The van der Waals surface area contributed by atoms with Crippen molar-refractivity contribution in [1.29, 1.82) is 0 Å². The van der Waals surface area contributed by atoms with Gasteiger partial charge in [-0.1, -0.05) is 24.3 Å². The van der Waals surface area contributed by atoms with E-state index in [0.717, 1.165) is 37.7 Å². The van der Waals surface area contributed by atoms with Gasteiger partial charge in [-0.15, -0.1) is 0 Å². The summed E-state index contributed by atoms with van der Waals surface area (Å²) in [7, 11) is 0. The van der Waals surface area contributed by atoms with Crippen LogP contribution in [0.5, 0.6) is 5.75 Å². The lowest BCUT2D eigenvalue weighted by Crippen LogP contribution is -2.36. The molecule has 0 bridgehead atoms. The summed E-state index contributed by atoms with van der Waals surface area (Å²) in [6, 6.07) is 16.5. The fourth-order valence-electron chi connectivity index (χ4n) is 3.09. The van der Waals surface area contributed by atoms with E-state index in [-0.39, 0.29) is 6.04 Å². The predicted molar refractivity (Wildman–Crippen MR) is 115 cm³/mol. The summed E-state index contributed by atoms with van der Waals surface area (Å²) in [5, 5.41) is 7.15. The lowest BCUT2D eigenvalue weighted by Gasteiger charge is -2.29. The van der Waals surface area contributed by atoms with Crippen LogP contribution in [0.15, 0.2) is 48.5 Å². The van der Waals surface area contributed by atoms with Crippen molar-refractivity contribution in [2.24, 2.45) is 0 Å². The van der Waals surface area contributed by atoms with Crippen LogP contribution >= 0.6 is 12.2 Å². The highest BCUT2D eigenvalue weighted by Crippen LogP contribution is 2.24. The second-order valence-corrected chi connectivity index (χ2v) is 6.85. The molecule has 144 valence electrons. The molecular formula is C21H27N3O2S. The number of morpholine rings is 1. The standard InChI is InChI=1S/C21H27N3O2S/c1-3-26-20-7-5-4-6-19(20)23-21(27)22-16(2)17-8-10-18(11-9-17)24-12-14-25-15-13-24/h4-11,16H,3,12-15H2,1-2H3,(H2,22,23,27)/t16-/m1/s1. The van der Waals surface area contributed by atoms with Gasteiger partial charge in [0.15, 0.2) is 5.11 Å². The third-order valence-corrected chi connectivity index (χ3v) is 4.77. The number of ether oxygens (including phenoxy) is 2. The second-order valence-electron chi connectivity index (χ2n) is 6.44. The molecule has 3 rings (SSSR count). The molecule has 1 fully saturated rings. The van der Waals surface area contributed by atoms with Gasteiger partial charge in [-0.3, -0.25) is 0 Å². The molecule has 1 aliphatic rings. The Morgan fingerprint density at radius 2 is 1.85 bits per heavy atom. The van der Waals surface area contributed by atoms with Gasteiger partial charge in [-0.2, -0.15) is 0 Å². The minimum atomic E-state index is 0.1000. The number of hydrogen-bond donors (Lipinski definition) is 2. The Kier molecular flexibility index (Phi) is 6.90. The van der Waals surface area contributed by atoms with Crippen molar-refractivity contribution in [3.8, 4) is 5.75 Å². The van der Waals surface area contributed by atoms with Gasteiger partial charge >= 0.3 is 0 Å². The van der Waals surface area contributed by atoms with Crippen LogP contribution in [0.2, 0.25) is 0 Å². The molecule has 27 heavy (non-hydrogen) atoms. The molecule has 0 aromatic heterocycles. The van der Waals surface area contributed by atoms with Crippen LogP contribution in [0.4, 0.5) is 11.4 Å². The molecule has 5 nitrogen and oxygen atoms in total. The van der Waals surface area contributed by atoms with Gasteiger partial charge in [0.2, 0.25) is 0 Å². The molecule has 1 atom stereocenters. The summed E-state index contributed by atoms with van der Waals surface area (Å²) in [6.45, 7) is 8.17. The molecule has 0 aliphatic carbocycles. The lowest BCUT2D eigenvalue weighted by atomic mass is 10.1. The first-order valence-electron chi connectivity index (χ1n) is 9.39. The third kappa shape index (κ3) is 5.34. The molecule has 2 aromatic rings. The Balaban J connectivity index is 1.58. The Morgan fingerprint density at radius 1 is 1.15 bits per heavy atom. The van der Waals surface area contributed by atoms with E-state index in [1.807, 2.05) is 31.2 Å². The minimum absolute atomic E-state index is 0.1000. The summed E-state index contributed by atoms with van der Waals surface area (Å²) >= 11 is 5.48. The highest BCUT2D eigenvalue weighted by atomic mass is 32.1. The number of anilines is 2. The maximum absolute atomic E-state index is 5.63. The van der Waals surface area contributed by atoms with Gasteiger partial charge in [0.05, 0.1) is 31.5 Å². The average Bonchev–Trinajstić information content (AvgIpc) is 2.70. The van der Waals surface area contributed by atoms with E-state index in [2.05, 4.69) is 46.7 Å². The SMILES string of the molecule is CCOc1ccccc1NC(=S)N[C@H](C)c1ccc(N2CCOCC2)cc1. The van der Waals surface area contributed by atoms with Crippen LogP contribution in [-0.2, 0) is 4.74 Å². The van der Waals surface area contributed by atoms with Crippen molar-refractivity contribution in [3.63, 3.8) is 0 Å².